The number of fused-ring (bicyclic) bond motifs is 6. The Morgan fingerprint density at radius 3 is 2.81 bits per heavy atom. The van der Waals surface area contributed by atoms with E-state index in [9.17, 15) is 4.79 Å². The van der Waals surface area contributed by atoms with Crippen LogP contribution in [-0.4, -0.2) is 17.4 Å². The molecular formula is C21H18N2O3S. The molecule has 136 valence electrons. The maximum Gasteiger partial charge on any atom is 0.270 e. The molecule has 0 radical (unpaired) electrons. The lowest BCUT2D eigenvalue weighted by atomic mass is 9.93. The number of methoxy groups -OCH3 is 1. The minimum absolute atomic E-state index is 0.00155. The Morgan fingerprint density at radius 1 is 1.26 bits per heavy atom. The van der Waals surface area contributed by atoms with Gasteiger partial charge >= 0.3 is 0 Å². The van der Waals surface area contributed by atoms with Crippen LogP contribution in [0.3, 0.4) is 0 Å². The summed E-state index contributed by atoms with van der Waals surface area (Å²) < 4.78 is 13.8. The van der Waals surface area contributed by atoms with E-state index < -0.39 is 5.72 Å². The Bertz CT molecular complexity index is 1210. The third-order valence-corrected chi connectivity index (χ3v) is 6.06. The van der Waals surface area contributed by atoms with Crippen LogP contribution in [0.15, 0.2) is 58.3 Å². The van der Waals surface area contributed by atoms with Gasteiger partial charge in [-0.2, -0.15) is 0 Å². The zero-order chi connectivity index (χ0) is 18.6. The molecule has 5 nitrogen and oxygen atoms in total. The number of hydrogen-bond donors (Lipinski definition) is 0. The summed E-state index contributed by atoms with van der Waals surface area (Å²) in [6.45, 7) is 1.98. The third-order valence-electron chi connectivity index (χ3n) is 5.07. The molecule has 2 bridgehead atoms. The van der Waals surface area contributed by atoms with Gasteiger partial charge in [-0.3, -0.25) is 9.36 Å². The van der Waals surface area contributed by atoms with Crippen LogP contribution in [0, 0.1) is 0 Å². The number of hydrogen-bond acceptors (Lipinski definition) is 5. The van der Waals surface area contributed by atoms with Gasteiger partial charge in [0.1, 0.15) is 11.5 Å². The van der Waals surface area contributed by atoms with Crippen LogP contribution in [0.1, 0.15) is 30.5 Å². The van der Waals surface area contributed by atoms with Crippen molar-refractivity contribution in [2.24, 2.45) is 4.99 Å². The Balaban J connectivity index is 1.70. The van der Waals surface area contributed by atoms with Crippen molar-refractivity contribution in [2.45, 2.75) is 25.1 Å². The predicted octanol–water partition coefficient (Wildman–Crippen LogP) is 2.47. The molecule has 0 saturated heterocycles. The normalized spacial score (nSPS) is 23.0. The van der Waals surface area contributed by atoms with Crippen molar-refractivity contribution in [3.8, 4) is 11.5 Å². The molecule has 2 aliphatic heterocycles. The van der Waals surface area contributed by atoms with Gasteiger partial charge in [0, 0.05) is 12.0 Å². The topological polar surface area (TPSA) is 52.8 Å². The van der Waals surface area contributed by atoms with Crippen LogP contribution in [0.4, 0.5) is 0 Å². The van der Waals surface area contributed by atoms with Crippen molar-refractivity contribution in [1.82, 2.24) is 4.57 Å². The minimum Gasteiger partial charge on any atom is -0.497 e. The highest BCUT2D eigenvalue weighted by Gasteiger charge is 2.42. The summed E-state index contributed by atoms with van der Waals surface area (Å²) in [6.07, 6.45) is 2.57. The molecule has 2 atom stereocenters. The van der Waals surface area contributed by atoms with Gasteiger partial charge in [-0.05, 0) is 36.8 Å². The molecule has 27 heavy (non-hydrogen) atoms. The first-order valence-corrected chi connectivity index (χ1v) is 9.63. The smallest absolute Gasteiger partial charge is 0.270 e. The standard InChI is InChI=1S/C21H18N2O3S/c1-21-12-16(15-5-3-4-6-17(15)26-21)23-19(24)18(27-20(23)22-21)11-13-7-9-14(25-2)10-8-13/h3-11,16H,12H2,1-2H3. The third kappa shape index (κ3) is 2.59. The van der Waals surface area contributed by atoms with Crippen LogP contribution in [0.2, 0.25) is 0 Å². The van der Waals surface area contributed by atoms with E-state index in [0.29, 0.717) is 15.8 Å². The highest BCUT2D eigenvalue weighted by atomic mass is 32.1. The molecule has 1 aromatic heterocycles. The average molecular weight is 378 g/mol. The zero-order valence-corrected chi connectivity index (χ0v) is 15.8. The van der Waals surface area contributed by atoms with Crippen molar-refractivity contribution in [1.29, 1.82) is 0 Å². The van der Waals surface area contributed by atoms with E-state index in [1.54, 1.807) is 7.11 Å². The molecule has 3 heterocycles. The predicted molar refractivity (Wildman–Crippen MR) is 104 cm³/mol. The fourth-order valence-corrected chi connectivity index (χ4v) is 4.91. The molecule has 0 fully saturated rings. The van der Waals surface area contributed by atoms with Crippen LogP contribution >= 0.6 is 11.3 Å². The van der Waals surface area contributed by atoms with Crippen LogP contribution in [0.5, 0.6) is 11.5 Å². The Kier molecular flexibility index (Phi) is 3.52. The monoisotopic (exact) mass is 378 g/mol. The van der Waals surface area contributed by atoms with Gasteiger partial charge in [-0.15, -0.1) is 0 Å². The fraction of sp³-hybridized carbons (Fsp3) is 0.238. The van der Waals surface area contributed by atoms with Crippen LogP contribution in [0.25, 0.3) is 6.08 Å². The second-order valence-electron chi connectivity index (χ2n) is 6.99. The average Bonchev–Trinajstić information content (AvgIpc) is 2.96. The summed E-state index contributed by atoms with van der Waals surface area (Å²) >= 11 is 1.41. The van der Waals surface area contributed by atoms with Gasteiger partial charge in [-0.25, -0.2) is 4.99 Å². The molecule has 0 saturated carbocycles. The van der Waals surface area contributed by atoms with Gasteiger partial charge < -0.3 is 9.47 Å². The van der Waals surface area contributed by atoms with E-state index in [0.717, 1.165) is 22.6 Å². The van der Waals surface area contributed by atoms with E-state index in [1.807, 2.05) is 66.1 Å². The highest BCUT2D eigenvalue weighted by Crippen LogP contribution is 2.42. The van der Waals surface area contributed by atoms with Gasteiger partial charge in [0.2, 0.25) is 5.72 Å². The Hall–Kier alpha value is -2.86. The number of benzene rings is 2. The number of aromatic nitrogens is 1. The first-order chi connectivity index (χ1) is 13.1. The lowest BCUT2D eigenvalue weighted by Gasteiger charge is -2.39. The number of nitrogens with zero attached hydrogens (tertiary/aromatic N) is 2. The lowest BCUT2D eigenvalue weighted by Crippen LogP contribution is -2.49. The minimum atomic E-state index is -0.631. The van der Waals surface area contributed by atoms with Crippen LogP contribution < -0.4 is 24.4 Å². The fourth-order valence-electron chi connectivity index (χ4n) is 3.79. The first-order valence-electron chi connectivity index (χ1n) is 8.81. The second kappa shape index (κ2) is 5.82. The molecule has 0 spiro atoms. The number of ether oxygens (including phenoxy) is 2. The Labute approximate surface area is 159 Å². The van der Waals surface area contributed by atoms with Crippen molar-refractivity contribution in [2.75, 3.05) is 7.11 Å². The SMILES string of the molecule is COc1ccc(C=c2sc3n(c2=O)C2CC(C)(N=3)Oc3ccccc32)cc1. The van der Waals surface area contributed by atoms with Crippen LogP contribution in [-0.2, 0) is 0 Å². The maximum atomic E-state index is 13.2. The lowest BCUT2D eigenvalue weighted by molar-refractivity contribution is 0.0410. The van der Waals surface area contributed by atoms with Crippen molar-refractivity contribution in [3.05, 3.63) is 79.3 Å². The summed E-state index contributed by atoms with van der Waals surface area (Å²) in [7, 11) is 1.64. The van der Waals surface area contributed by atoms with Gasteiger partial charge in [0.05, 0.1) is 17.7 Å². The summed E-state index contributed by atoms with van der Waals surface area (Å²) in [5.41, 5.74) is 1.37. The van der Waals surface area contributed by atoms with Gasteiger partial charge in [0.15, 0.2) is 4.80 Å². The molecule has 6 heteroatoms. The second-order valence-corrected chi connectivity index (χ2v) is 8.00. The molecular weight excluding hydrogens is 360 g/mol. The molecule has 0 aliphatic carbocycles. The van der Waals surface area contributed by atoms with Crippen molar-refractivity contribution in [3.63, 3.8) is 0 Å². The number of rotatable bonds is 2. The van der Waals surface area contributed by atoms with E-state index in [-0.39, 0.29) is 11.6 Å². The van der Waals surface area contributed by atoms with E-state index >= 15 is 0 Å². The quantitative estimate of drug-likeness (QED) is 0.688. The molecule has 2 unspecified atom stereocenters. The van der Waals surface area contributed by atoms with Gasteiger partial charge in [0.25, 0.3) is 5.56 Å². The number of para-hydroxylation sites is 1. The Morgan fingerprint density at radius 2 is 2.04 bits per heavy atom. The maximum absolute atomic E-state index is 13.2. The van der Waals surface area contributed by atoms with E-state index in [4.69, 9.17) is 14.5 Å². The van der Waals surface area contributed by atoms with E-state index in [1.165, 1.54) is 11.3 Å². The van der Waals surface area contributed by atoms with E-state index in [2.05, 4.69) is 0 Å². The summed E-state index contributed by atoms with van der Waals surface area (Å²) in [4.78, 5) is 18.7. The first kappa shape index (κ1) is 16.3. The largest absolute Gasteiger partial charge is 0.497 e. The molecule has 3 aromatic rings. The van der Waals surface area contributed by atoms with Gasteiger partial charge in [-0.1, -0.05) is 41.7 Å². The summed E-state index contributed by atoms with van der Waals surface area (Å²) in [5, 5.41) is 0. The molecule has 2 aliphatic rings. The summed E-state index contributed by atoms with van der Waals surface area (Å²) in [6, 6.07) is 15.5. The van der Waals surface area contributed by atoms with Crippen molar-refractivity contribution < 1.29 is 9.47 Å². The molecule has 0 N–H and O–H groups in total. The summed E-state index contributed by atoms with van der Waals surface area (Å²) in [5.74, 6) is 1.60. The molecule has 2 aromatic carbocycles. The van der Waals surface area contributed by atoms with Crippen molar-refractivity contribution >= 4 is 17.4 Å². The zero-order valence-electron chi connectivity index (χ0n) is 15.0. The molecule has 5 rings (SSSR count). The number of thiazole rings is 1. The molecule has 0 amide bonds. The highest BCUT2D eigenvalue weighted by molar-refractivity contribution is 7.07.